The number of nitrogens with zero attached hydrogens (tertiary/aromatic N) is 2. The average Bonchev–Trinajstić information content (AvgIpc) is 3.30. The fraction of sp³-hybridized carbons (Fsp3) is 0.350. The second-order valence-electron chi connectivity index (χ2n) is 6.97. The van der Waals surface area contributed by atoms with Crippen LogP contribution in [0.4, 0.5) is 0 Å². The van der Waals surface area contributed by atoms with Gasteiger partial charge in [-0.1, -0.05) is 30.3 Å². The van der Waals surface area contributed by atoms with Crippen molar-refractivity contribution < 1.29 is 4.79 Å². The van der Waals surface area contributed by atoms with Gasteiger partial charge in [-0.05, 0) is 36.9 Å². The summed E-state index contributed by atoms with van der Waals surface area (Å²) < 4.78 is 0.619. The zero-order chi connectivity index (χ0) is 18.8. The number of fused-ring (bicyclic) bond motifs is 1. The molecule has 1 fully saturated rings. The van der Waals surface area contributed by atoms with Crippen molar-refractivity contribution in [3.63, 3.8) is 0 Å². The molecule has 27 heavy (non-hydrogen) atoms. The highest BCUT2D eigenvalue weighted by Crippen LogP contribution is 2.21. The Labute approximate surface area is 161 Å². The van der Waals surface area contributed by atoms with E-state index in [4.69, 9.17) is 0 Å². The van der Waals surface area contributed by atoms with E-state index in [1.807, 2.05) is 48.7 Å². The third-order valence-electron chi connectivity index (χ3n) is 5.07. The molecular weight excluding hydrogens is 360 g/mol. The molecule has 0 bridgehead atoms. The maximum absolute atomic E-state index is 13.2. The first-order valence-corrected chi connectivity index (χ1v) is 10.0. The van der Waals surface area contributed by atoms with Gasteiger partial charge in [0.2, 0.25) is 5.91 Å². The lowest BCUT2D eigenvalue weighted by molar-refractivity contribution is -0.137. The molecule has 0 radical (unpaired) electrons. The number of rotatable bonds is 5. The van der Waals surface area contributed by atoms with E-state index in [1.165, 1.54) is 11.3 Å². The second-order valence-corrected chi connectivity index (χ2v) is 7.88. The van der Waals surface area contributed by atoms with Crippen LogP contribution < -0.4 is 10.9 Å². The quantitative estimate of drug-likeness (QED) is 0.711. The van der Waals surface area contributed by atoms with E-state index in [2.05, 4.69) is 15.3 Å². The summed E-state index contributed by atoms with van der Waals surface area (Å²) in [6.07, 6.45) is 0.832. The lowest BCUT2D eigenvalue weighted by Crippen LogP contribution is -2.40. The standard InChI is InChI=1S/C20H22N4O2S/c1-13-15(7-9-21-13)20(26)24(11-14-5-3-2-4-6-14)12-17-22-16-8-10-27-18(16)19(25)23-17/h2-6,8,10,13,15,21H,7,9,11-12H2,1H3,(H,22,23,25). The molecule has 7 heteroatoms. The van der Waals surface area contributed by atoms with E-state index in [1.54, 1.807) is 4.90 Å². The van der Waals surface area contributed by atoms with E-state index < -0.39 is 0 Å². The first kappa shape index (κ1) is 17.9. The van der Waals surface area contributed by atoms with Crippen LogP contribution in [0.3, 0.4) is 0 Å². The molecule has 1 saturated heterocycles. The van der Waals surface area contributed by atoms with Crippen molar-refractivity contribution >= 4 is 27.5 Å². The molecule has 1 aromatic carbocycles. The van der Waals surface area contributed by atoms with Gasteiger partial charge < -0.3 is 15.2 Å². The van der Waals surface area contributed by atoms with Gasteiger partial charge in [0.1, 0.15) is 10.5 Å². The lowest BCUT2D eigenvalue weighted by atomic mass is 10.00. The Morgan fingerprint density at radius 2 is 2.07 bits per heavy atom. The number of amides is 1. The lowest BCUT2D eigenvalue weighted by Gasteiger charge is -2.27. The van der Waals surface area contributed by atoms with Gasteiger partial charge in [-0.2, -0.15) is 0 Å². The van der Waals surface area contributed by atoms with Gasteiger partial charge in [0.05, 0.1) is 18.0 Å². The molecule has 4 rings (SSSR count). The van der Waals surface area contributed by atoms with Crippen LogP contribution in [0, 0.1) is 5.92 Å². The molecular formula is C20H22N4O2S. The summed E-state index contributed by atoms with van der Waals surface area (Å²) in [4.78, 5) is 34.7. The van der Waals surface area contributed by atoms with Crippen molar-refractivity contribution in [3.8, 4) is 0 Å². The predicted molar refractivity (Wildman–Crippen MR) is 107 cm³/mol. The molecule has 140 valence electrons. The smallest absolute Gasteiger partial charge is 0.268 e. The van der Waals surface area contributed by atoms with E-state index in [0.717, 1.165) is 18.5 Å². The van der Waals surface area contributed by atoms with E-state index in [9.17, 15) is 9.59 Å². The average molecular weight is 382 g/mol. The minimum atomic E-state index is -0.145. The molecule has 0 spiro atoms. The predicted octanol–water partition coefficient (Wildman–Crippen LogP) is 2.51. The Morgan fingerprint density at radius 1 is 1.26 bits per heavy atom. The topological polar surface area (TPSA) is 78.1 Å². The van der Waals surface area contributed by atoms with Crippen LogP contribution in [0.15, 0.2) is 46.6 Å². The van der Waals surface area contributed by atoms with Crippen molar-refractivity contribution in [1.82, 2.24) is 20.2 Å². The normalized spacial score (nSPS) is 19.4. The van der Waals surface area contributed by atoms with Crippen molar-refractivity contribution in [2.45, 2.75) is 32.5 Å². The number of benzene rings is 1. The largest absolute Gasteiger partial charge is 0.331 e. The maximum atomic E-state index is 13.2. The van der Waals surface area contributed by atoms with Gasteiger partial charge in [0, 0.05) is 12.6 Å². The van der Waals surface area contributed by atoms with E-state index >= 15 is 0 Å². The number of hydrogen-bond acceptors (Lipinski definition) is 5. The van der Waals surface area contributed by atoms with Crippen molar-refractivity contribution in [1.29, 1.82) is 0 Å². The summed E-state index contributed by atoms with van der Waals surface area (Å²) in [7, 11) is 0. The Bertz CT molecular complexity index is 998. The third kappa shape index (κ3) is 3.79. The first-order valence-electron chi connectivity index (χ1n) is 9.14. The van der Waals surface area contributed by atoms with Crippen molar-refractivity contribution in [2.24, 2.45) is 5.92 Å². The number of aromatic amines is 1. The maximum Gasteiger partial charge on any atom is 0.268 e. The molecule has 3 heterocycles. The molecule has 6 nitrogen and oxygen atoms in total. The van der Waals surface area contributed by atoms with Crippen LogP contribution in [-0.2, 0) is 17.9 Å². The van der Waals surface area contributed by atoms with E-state index in [-0.39, 0.29) is 30.0 Å². The van der Waals surface area contributed by atoms with Gasteiger partial charge in [0.15, 0.2) is 0 Å². The van der Waals surface area contributed by atoms with Crippen LogP contribution in [0.25, 0.3) is 10.2 Å². The Morgan fingerprint density at radius 3 is 2.81 bits per heavy atom. The van der Waals surface area contributed by atoms with Gasteiger partial charge in [-0.3, -0.25) is 9.59 Å². The molecule has 2 aromatic heterocycles. The Hall–Kier alpha value is -2.51. The minimum Gasteiger partial charge on any atom is -0.331 e. The number of hydrogen-bond donors (Lipinski definition) is 2. The van der Waals surface area contributed by atoms with Gasteiger partial charge in [-0.15, -0.1) is 11.3 Å². The summed E-state index contributed by atoms with van der Waals surface area (Å²) >= 11 is 1.38. The van der Waals surface area contributed by atoms with Crippen LogP contribution in [0.1, 0.15) is 24.7 Å². The highest BCUT2D eigenvalue weighted by Gasteiger charge is 2.33. The summed E-state index contributed by atoms with van der Waals surface area (Å²) in [6.45, 7) is 3.69. The highest BCUT2D eigenvalue weighted by molar-refractivity contribution is 7.17. The highest BCUT2D eigenvalue weighted by atomic mass is 32.1. The molecule has 1 aliphatic heterocycles. The minimum absolute atomic E-state index is 0.0506. The summed E-state index contributed by atoms with van der Waals surface area (Å²) in [5, 5.41) is 5.20. The number of carbonyl (C=O) groups is 1. The van der Waals surface area contributed by atoms with Gasteiger partial charge in [-0.25, -0.2) is 4.98 Å². The SMILES string of the molecule is CC1NCCC1C(=O)N(Cc1ccccc1)Cc1nc2ccsc2c(=O)[nH]1. The number of carbonyl (C=O) groups excluding carboxylic acids is 1. The van der Waals surface area contributed by atoms with Crippen molar-refractivity contribution in [2.75, 3.05) is 6.54 Å². The summed E-state index contributed by atoms with van der Waals surface area (Å²) in [5.41, 5.74) is 1.60. The fourth-order valence-corrected chi connectivity index (χ4v) is 4.35. The van der Waals surface area contributed by atoms with Crippen LogP contribution >= 0.6 is 11.3 Å². The molecule has 0 saturated carbocycles. The summed E-state index contributed by atoms with van der Waals surface area (Å²) in [6, 6.07) is 11.9. The Kier molecular flexibility index (Phi) is 5.05. The number of thiophene rings is 1. The molecule has 2 unspecified atom stereocenters. The molecule has 0 aliphatic carbocycles. The monoisotopic (exact) mass is 382 g/mol. The number of aromatic nitrogens is 2. The van der Waals surface area contributed by atoms with Crippen LogP contribution in [0.2, 0.25) is 0 Å². The number of H-pyrrole nitrogens is 1. The van der Waals surface area contributed by atoms with Gasteiger partial charge in [0.25, 0.3) is 5.56 Å². The van der Waals surface area contributed by atoms with Crippen molar-refractivity contribution in [3.05, 3.63) is 63.5 Å². The molecule has 1 aliphatic rings. The van der Waals surface area contributed by atoms with E-state index in [0.29, 0.717) is 22.6 Å². The Balaban J connectivity index is 1.63. The third-order valence-corrected chi connectivity index (χ3v) is 5.98. The van der Waals surface area contributed by atoms with Crippen LogP contribution in [0.5, 0.6) is 0 Å². The zero-order valence-electron chi connectivity index (χ0n) is 15.1. The molecule has 2 atom stereocenters. The summed E-state index contributed by atoms with van der Waals surface area (Å²) in [5.74, 6) is 0.573. The van der Waals surface area contributed by atoms with Crippen LogP contribution in [-0.4, -0.2) is 33.4 Å². The number of nitrogens with one attached hydrogen (secondary N) is 2. The second kappa shape index (κ2) is 7.62. The zero-order valence-corrected chi connectivity index (χ0v) is 16.0. The fourth-order valence-electron chi connectivity index (χ4n) is 3.62. The first-order chi connectivity index (χ1) is 13.1. The van der Waals surface area contributed by atoms with Gasteiger partial charge >= 0.3 is 0 Å². The molecule has 3 aromatic rings. The molecule has 1 amide bonds. The molecule has 2 N–H and O–H groups in total.